The Labute approximate surface area is 121 Å². The monoisotopic (exact) mass is 314 g/mol. The molecule has 1 aromatic carbocycles. The molecule has 2 N–H and O–H groups in total. The second kappa shape index (κ2) is 6.84. The van der Waals surface area contributed by atoms with Gasteiger partial charge in [0, 0.05) is 12.6 Å². The number of ether oxygens (including phenoxy) is 1. The molecule has 0 atom stereocenters. The third-order valence-electron chi connectivity index (χ3n) is 2.16. The molecule has 114 valence electrons. The fourth-order valence-electron chi connectivity index (χ4n) is 1.34. The topological polar surface area (TPSA) is 119 Å². The van der Waals surface area contributed by atoms with Crippen LogP contribution in [0.3, 0.4) is 0 Å². The quantitative estimate of drug-likeness (QED) is 0.597. The first-order chi connectivity index (χ1) is 9.76. The molecule has 0 saturated carbocycles. The highest BCUT2D eigenvalue weighted by molar-refractivity contribution is 7.90. The van der Waals surface area contributed by atoms with Crippen molar-refractivity contribution in [2.45, 2.75) is 18.7 Å². The maximum absolute atomic E-state index is 11.7. The van der Waals surface area contributed by atoms with E-state index in [1.165, 1.54) is 24.3 Å². The molecule has 2 amide bonds. The van der Waals surface area contributed by atoms with Crippen molar-refractivity contribution in [1.82, 2.24) is 4.72 Å². The van der Waals surface area contributed by atoms with E-state index in [4.69, 9.17) is 0 Å². The van der Waals surface area contributed by atoms with Gasteiger partial charge in [0.25, 0.3) is 10.0 Å². The van der Waals surface area contributed by atoms with E-state index in [9.17, 15) is 22.8 Å². The molecular formula is C12H14N2O6S. The van der Waals surface area contributed by atoms with E-state index in [-0.39, 0.29) is 17.2 Å². The van der Waals surface area contributed by atoms with E-state index in [2.05, 4.69) is 10.1 Å². The molecule has 0 fully saturated rings. The fourth-order valence-corrected chi connectivity index (χ4v) is 2.34. The predicted molar refractivity (Wildman–Crippen MR) is 72.7 cm³/mol. The zero-order valence-corrected chi connectivity index (χ0v) is 12.2. The van der Waals surface area contributed by atoms with Crippen LogP contribution in [-0.4, -0.2) is 32.8 Å². The highest BCUT2D eigenvalue weighted by Gasteiger charge is 2.17. The van der Waals surface area contributed by atoms with Crippen LogP contribution in [0.4, 0.5) is 5.69 Å². The van der Waals surface area contributed by atoms with Gasteiger partial charge in [-0.05, 0) is 31.2 Å². The summed E-state index contributed by atoms with van der Waals surface area (Å²) < 4.78 is 29.7. The minimum Gasteiger partial charge on any atom is -0.459 e. The lowest BCUT2D eigenvalue weighted by Gasteiger charge is -2.07. The lowest BCUT2D eigenvalue weighted by atomic mass is 10.3. The largest absolute Gasteiger partial charge is 0.459 e. The van der Waals surface area contributed by atoms with E-state index in [0.717, 1.165) is 6.92 Å². The van der Waals surface area contributed by atoms with Crippen molar-refractivity contribution in [3.8, 4) is 0 Å². The Balaban J connectivity index is 2.82. The van der Waals surface area contributed by atoms with Gasteiger partial charge in [0.2, 0.25) is 5.91 Å². The highest BCUT2D eigenvalue weighted by Crippen LogP contribution is 2.14. The van der Waals surface area contributed by atoms with Crippen molar-refractivity contribution in [2.75, 3.05) is 11.9 Å². The number of sulfonamides is 1. The number of rotatable bonds is 4. The van der Waals surface area contributed by atoms with Gasteiger partial charge >= 0.3 is 11.9 Å². The summed E-state index contributed by atoms with van der Waals surface area (Å²) in [6, 6.07) is 4.94. The molecule has 0 unspecified atom stereocenters. The average molecular weight is 314 g/mol. The maximum Gasteiger partial charge on any atom is 0.397 e. The van der Waals surface area contributed by atoms with Crippen LogP contribution < -0.4 is 10.0 Å². The van der Waals surface area contributed by atoms with Crippen molar-refractivity contribution in [1.29, 1.82) is 0 Å². The summed E-state index contributed by atoms with van der Waals surface area (Å²) in [6.07, 6.45) is 0. The summed E-state index contributed by atoms with van der Waals surface area (Å²) in [4.78, 5) is 33.1. The van der Waals surface area contributed by atoms with E-state index >= 15 is 0 Å². The molecule has 1 aromatic rings. The number of esters is 1. The van der Waals surface area contributed by atoms with Gasteiger partial charge in [-0.15, -0.1) is 0 Å². The summed E-state index contributed by atoms with van der Waals surface area (Å²) in [7, 11) is -3.93. The summed E-state index contributed by atoms with van der Waals surface area (Å²) in [5.74, 6) is -2.71. The van der Waals surface area contributed by atoms with Crippen molar-refractivity contribution >= 4 is 33.5 Å². The van der Waals surface area contributed by atoms with Gasteiger partial charge in [-0.3, -0.25) is 9.59 Å². The van der Waals surface area contributed by atoms with Crippen LogP contribution in [0.15, 0.2) is 29.2 Å². The molecule has 21 heavy (non-hydrogen) atoms. The normalized spacial score (nSPS) is 10.6. The first-order valence-electron chi connectivity index (χ1n) is 5.88. The summed E-state index contributed by atoms with van der Waals surface area (Å²) in [6.45, 7) is 2.71. The molecule has 0 radical (unpaired) electrons. The molecule has 1 rings (SSSR count). The lowest BCUT2D eigenvalue weighted by Crippen LogP contribution is -2.28. The minimum absolute atomic E-state index is 0.0696. The highest BCUT2D eigenvalue weighted by atomic mass is 32.2. The van der Waals surface area contributed by atoms with Gasteiger partial charge in [-0.2, -0.15) is 0 Å². The Bertz CT molecular complexity index is 651. The number of amides is 2. The molecule has 8 nitrogen and oxygen atoms in total. The first-order valence-corrected chi connectivity index (χ1v) is 7.36. The number of benzene rings is 1. The zero-order chi connectivity index (χ0) is 16.0. The van der Waals surface area contributed by atoms with Crippen molar-refractivity contribution in [2.24, 2.45) is 0 Å². The second-order valence-electron chi connectivity index (χ2n) is 3.86. The molecule has 0 aliphatic heterocycles. The number of hydrogen-bond acceptors (Lipinski definition) is 6. The molecule has 0 aliphatic carbocycles. The Kier molecular flexibility index (Phi) is 5.42. The van der Waals surface area contributed by atoms with Gasteiger partial charge in [0.15, 0.2) is 0 Å². The van der Waals surface area contributed by atoms with Crippen LogP contribution in [0.2, 0.25) is 0 Å². The van der Waals surface area contributed by atoms with Crippen molar-refractivity contribution in [3.05, 3.63) is 24.3 Å². The molecule has 0 aromatic heterocycles. The fraction of sp³-hybridized carbons (Fsp3) is 0.250. The SMILES string of the molecule is CCOC(=O)C(=O)Nc1ccc(S(=O)(=O)NC(C)=O)cc1. The van der Waals surface area contributed by atoms with Crippen LogP contribution in [0.5, 0.6) is 0 Å². The molecule has 0 spiro atoms. The summed E-state index contributed by atoms with van der Waals surface area (Å²) in [5.41, 5.74) is 0.217. The zero-order valence-electron chi connectivity index (χ0n) is 11.4. The smallest absolute Gasteiger partial charge is 0.397 e. The molecule has 0 heterocycles. The number of anilines is 1. The van der Waals surface area contributed by atoms with Crippen molar-refractivity contribution in [3.63, 3.8) is 0 Å². The van der Waals surface area contributed by atoms with Crippen LogP contribution in [0.1, 0.15) is 13.8 Å². The third kappa shape index (κ3) is 4.88. The second-order valence-corrected chi connectivity index (χ2v) is 5.54. The Morgan fingerprint density at radius 2 is 1.71 bits per heavy atom. The van der Waals surface area contributed by atoms with Crippen LogP contribution in [-0.2, 0) is 29.1 Å². The molecular weight excluding hydrogens is 300 g/mol. The Morgan fingerprint density at radius 3 is 2.19 bits per heavy atom. The van der Waals surface area contributed by atoms with Gasteiger partial charge in [-0.1, -0.05) is 0 Å². The number of nitrogens with one attached hydrogen (secondary N) is 2. The summed E-state index contributed by atoms with van der Waals surface area (Å²) in [5, 5.41) is 2.25. The number of carbonyl (C=O) groups excluding carboxylic acids is 3. The van der Waals surface area contributed by atoms with Crippen molar-refractivity contribution < 1.29 is 27.5 Å². The molecule has 9 heteroatoms. The van der Waals surface area contributed by atoms with Crippen LogP contribution >= 0.6 is 0 Å². The Morgan fingerprint density at radius 1 is 1.14 bits per heavy atom. The predicted octanol–water partition coefficient (Wildman–Crippen LogP) is 0.0130. The Hall–Kier alpha value is -2.42. The molecule has 0 bridgehead atoms. The van der Waals surface area contributed by atoms with E-state index in [0.29, 0.717) is 0 Å². The lowest BCUT2D eigenvalue weighted by molar-refractivity contribution is -0.152. The van der Waals surface area contributed by atoms with Gasteiger partial charge in [-0.25, -0.2) is 17.9 Å². The van der Waals surface area contributed by atoms with E-state index < -0.39 is 27.8 Å². The van der Waals surface area contributed by atoms with Gasteiger partial charge < -0.3 is 10.1 Å². The molecule has 0 aliphatic rings. The van der Waals surface area contributed by atoms with Gasteiger partial charge in [0.05, 0.1) is 11.5 Å². The summed E-state index contributed by atoms with van der Waals surface area (Å²) >= 11 is 0. The molecule has 0 saturated heterocycles. The standard InChI is InChI=1S/C12H14N2O6S/c1-3-20-12(17)11(16)13-9-4-6-10(7-5-9)21(18,19)14-8(2)15/h4-7H,3H2,1-2H3,(H,13,16)(H,14,15). The van der Waals surface area contributed by atoms with E-state index in [1.54, 1.807) is 11.6 Å². The van der Waals surface area contributed by atoms with Gasteiger partial charge in [0.1, 0.15) is 0 Å². The average Bonchev–Trinajstić information content (AvgIpc) is 2.38. The minimum atomic E-state index is -3.93. The first kappa shape index (κ1) is 16.6. The maximum atomic E-state index is 11.7. The number of hydrogen-bond donors (Lipinski definition) is 2. The van der Waals surface area contributed by atoms with E-state index in [1.807, 2.05) is 0 Å². The third-order valence-corrected chi connectivity index (χ3v) is 3.61. The van der Waals surface area contributed by atoms with Crippen LogP contribution in [0.25, 0.3) is 0 Å². The number of carbonyl (C=O) groups is 3. The van der Waals surface area contributed by atoms with Crippen LogP contribution in [0, 0.1) is 0 Å².